The summed E-state index contributed by atoms with van der Waals surface area (Å²) < 4.78 is 4.40. The zero-order valence-corrected chi connectivity index (χ0v) is 15.8. The molecule has 0 aliphatic rings. The average molecular weight is 349 g/mol. The van der Waals surface area contributed by atoms with E-state index in [-0.39, 0.29) is 20.8 Å². The SMILES string of the molecule is C.C.CC(=O)CCC(C)C.CCC(C)CC(C)=O.CCOC(C)=O. The summed E-state index contributed by atoms with van der Waals surface area (Å²) in [5.74, 6) is 1.64. The van der Waals surface area contributed by atoms with Crippen LogP contribution in [0.3, 0.4) is 0 Å². The Morgan fingerprint density at radius 1 is 0.875 bits per heavy atom. The van der Waals surface area contributed by atoms with E-state index < -0.39 is 0 Å². The van der Waals surface area contributed by atoms with Crippen LogP contribution in [0.1, 0.15) is 95.9 Å². The largest absolute Gasteiger partial charge is 0.466 e. The predicted octanol–water partition coefficient (Wildman–Crippen LogP) is 5.86. The van der Waals surface area contributed by atoms with Gasteiger partial charge in [0, 0.05) is 19.8 Å². The summed E-state index contributed by atoms with van der Waals surface area (Å²) in [6.45, 7) is 15.4. The van der Waals surface area contributed by atoms with Crippen LogP contribution < -0.4 is 0 Å². The van der Waals surface area contributed by atoms with Gasteiger partial charge in [0.1, 0.15) is 11.6 Å². The van der Waals surface area contributed by atoms with E-state index in [1.165, 1.54) is 6.92 Å². The smallest absolute Gasteiger partial charge is 0.302 e. The molecule has 0 aliphatic heterocycles. The molecular weight excluding hydrogens is 304 g/mol. The number of esters is 1. The number of Topliss-reactive ketones (excluding diaryl/α,β-unsaturated/α-hetero) is 2. The third-order valence-corrected chi connectivity index (χ3v) is 2.75. The number of carbonyl (C=O) groups is 3. The fourth-order valence-corrected chi connectivity index (χ4v) is 1.33. The molecule has 0 spiro atoms. The molecule has 0 fully saturated rings. The van der Waals surface area contributed by atoms with E-state index in [1.807, 2.05) is 0 Å². The third-order valence-electron chi connectivity index (χ3n) is 2.75. The molecule has 0 rings (SSSR count). The van der Waals surface area contributed by atoms with Crippen molar-refractivity contribution in [3.8, 4) is 0 Å². The molecule has 0 aliphatic carbocycles. The third kappa shape index (κ3) is 49.8. The molecule has 0 heterocycles. The quantitative estimate of drug-likeness (QED) is 0.540. The van der Waals surface area contributed by atoms with Crippen LogP contribution in [-0.4, -0.2) is 24.1 Å². The van der Waals surface area contributed by atoms with Gasteiger partial charge in [-0.2, -0.15) is 0 Å². The maximum atomic E-state index is 10.4. The first-order chi connectivity index (χ1) is 10.1. The molecule has 4 nitrogen and oxygen atoms in total. The number of rotatable bonds is 7. The standard InChI is InChI=1S/2C7H14O.C4H8O2.2CH4/c1-6(2)4-5-7(3)8;1-4-6(2)5-7(3)8;1-3-6-4(2)5;;/h2*6H,4-5H2,1-3H3;3H2,1-2H3;2*1H4. The van der Waals surface area contributed by atoms with Crippen LogP contribution in [0, 0.1) is 11.8 Å². The molecule has 0 amide bonds. The number of ether oxygens (including phenoxy) is 1. The second-order valence-corrected chi connectivity index (χ2v) is 5.98. The second kappa shape index (κ2) is 24.1. The average Bonchev–Trinajstić information content (AvgIpc) is 2.36. The van der Waals surface area contributed by atoms with E-state index in [1.54, 1.807) is 20.8 Å². The van der Waals surface area contributed by atoms with E-state index in [0.717, 1.165) is 25.7 Å². The Kier molecular flexibility index (Phi) is 34.3. The highest BCUT2D eigenvalue weighted by molar-refractivity contribution is 5.75. The Bertz CT molecular complexity index is 296. The summed E-state index contributed by atoms with van der Waals surface area (Å²) in [4.78, 5) is 30.6. The normalized spacial score (nSPS) is 9.71. The summed E-state index contributed by atoms with van der Waals surface area (Å²) in [6, 6.07) is 0. The van der Waals surface area contributed by atoms with Crippen LogP contribution in [0.5, 0.6) is 0 Å². The van der Waals surface area contributed by atoms with Gasteiger partial charge in [-0.15, -0.1) is 0 Å². The first-order valence-electron chi connectivity index (χ1n) is 8.18. The molecule has 24 heavy (non-hydrogen) atoms. The molecular formula is C20H44O4. The number of ketones is 2. The summed E-state index contributed by atoms with van der Waals surface area (Å²) >= 11 is 0. The monoisotopic (exact) mass is 348 g/mol. The molecule has 0 radical (unpaired) electrons. The van der Waals surface area contributed by atoms with Gasteiger partial charge in [0.25, 0.3) is 0 Å². The molecule has 1 unspecified atom stereocenters. The molecule has 0 bridgehead atoms. The number of hydrogen-bond acceptors (Lipinski definition) is 4. The lowest BCUT2D eigenvalue weighted by atomic mass is 10.0. The van der Waals surface area contributed by atoms with Crippen LogP contribution in [-0.2, 0) is 19.1 Å². The Morgan fingerprint density at radius 2 is 1.33 bits per heavy atom. The Hall–Kier alpha value is -1.19. The van der Waals surface area contributed by atoms with Crippen molar-refractivity contribution < 1.29 is 19.1 Å². The van der Waals surface area contributed by atoms with Crippen LogP contribution in [0.4, 0.5) is 0 Å². The van der Waals surface area contributed by atoms with E-state index in [0.29, 0.717) is 30.0 Å². The first-order valence-corrected chi connectivity index (χ1v) is 8.18. The zero-order valence-electron chi connectivity index (χ0n) is 15.8. The fourth-order valence-electron chi connectivity index (χ4n) is 1.33. The van der Waals surface area contributed by atoms with Gasteiger partial charge < -0.3 is 14.3 Å². The van der Waals surface area contributed by atoms with Crippen molar-refractivity contribution in [1.82, 2.24) is 0 Å². The summed E-state index contributed by atoms with van der Waals surface area (Å²) in [7, 11) is 0. The van der Waals surface area contributed by atoms with Gasteiger partial charge in [0.15, 0.2) is 0 Å². The van der Waals surface area contributed by atoms with Gasteiger partial charge in [-0.05, 0) is 39.0 Å². The lowest BCUT2D eigenvalue weighted by Gasteiger charge is -2.01. The zero-order chi connectivity index (χ0) is 18.1. The van der Waals surface area contributed by atoms with Gasteiger partial charge in [0.05, 0.1) is 6.61 Å². The Balaban J connectivity index is -0.0000000730. The highest BCUT2D eigenvalue weighted by Crippen LogP contribution is 2.05. The van der Waals surface area contributed by atoms with Crippen molar-refractivity contribution in [3.05, 3.63) is 0 Å². The number of hydrogen-bond donors (Lipinski definition) is 0. The topological polar surface area (TPSA) is 60.4 Å². The summed E-state index contributed by atoms with van der Waals surface area (Å²) in [5.41, 5.74) is 0. The van der Waals surface area contributed by atoms with Crippen LogP contribution in [0.15, 0.2) is 0 Å². The highest BCUT2D eigenvalue weighted by Gasteiger charge is 2.00. The van der Waals surface area contributed by atoms with Gasteiger partial charge in [-0.3, -0.25) is 4.79 Å². The molecule has 0 aromatic carbocycles. The van der Waals surface area contributed by atoms with Gasteiger partial charge in [-0.25, -0.2) is 0 Å². The molecule has 0 aromatic rings. The lowest BCUT2D eigenvalue weighted by Crippen LogP contribution is -1.98. The van der Waals surface area contributed by atoms with E-state index in [9.17, 15) is 14.4 Å². The van der Waals surface area contributed by atoms with Crippen molar-refractivity contribution in [2.45, 2.75) is 95.9 Å². The van der Waals surface area contributed by atoms with E-state index >= 15 is 0 Å². The predicted molar refractivity (Wildman–Crippen MR) is 105 cm³/mol. The van der Waals surface area contributed by atoms with Crippen LogP contribution in [0.2, 0.25) is 0 Å². The van der Waals surface area contributed by atoms with Gasteiger partial charge >= 0.3 is 5.97 Å². The van der Waals surface area contributed by atoms with Gasteiger partial charge in [-0.1, -0.05) is 49.0 Å². The minimum absolute atomic E-state index is 0. The first kappa shape index (κ1) is 34.2. The summed E-state index contributed by atoms with van der Waals surface area (Å²) in [6.07, 6.45) is 3.64. The summed E-state index contributed by atoms with van der Waals surface area (Å²) in [5, 5.41) is 0. The van der Waals surface area contributed by atoms with Crippen molar-refractivity contribution in [1.29, 1.82) is 0 Å². The molecule has 4 heteroatoms. The van der Waals surface area contributed by atoms with Crippen molar-refractivity contribution in [2.75, 3.05) is 6.61 Å². The van der Waals surface area contributed by atoms with Gasteiger partial charge in [0.2, 0.25) is 0 Å². The second-order valence-electron chi connectivity index (χ2n) is 5.98. The van der Waals surface area contributed by atoms with Crippen molar-refractivity contribution in [2.24, 2.45) is 11.8 Å². The van der Waals surface area contributed by atoms with Crippen LogP contribution in [0.25, 0.3) is 0 Å². The maximum absolute atomic E-state index is 10.4. The molecule has 148 valence electrons. The van der Waals surface area contributed by atoms with E-state index in [2.05, 4.69) is 32.4 Å². The molecule has 1 atom stereocenters. The van der Waals surface area contributed by atoms with Crippen molar-refractivity contribution >= 4 is 17.5 Å². The maximum Gasteiger partial charge on any atom is 0.302 e. The van der Waals surface area contributed by atoms with Crippen LogP contribution >= 0.6 is 0 Å². The molecule has 0 aromatic heterocycles. The lowest BCUT2D eigenvalue weighted by molar-refractivity contribution is -0.140. The minimum Gasteiger partial charge on any atom is -0.466 e. The molecule has 0 N–H and O–H groups in total. The Labute approximate surface area is 151 Å². The molecule has 0 saturated heterocycles. The Morgan fingerprint density at radius 3 is 1.42 bits per heavy atom. The van der Waals surface area contributed by atoms with E-state index in [4.69, 9.17) is 0 Å². The fraction of sp³-hybridized carbons (Fsp3) is 0.850. The minimum atomic E-state index is -0.211. The molecule has 0 saturated carbocycles. The van der Waals surface area contributed by atoms with Crippen molar-refractivity contribution in [3.63, 3.8) is 0 Å². The number of carbonyl (C=O) groups excluding carboxylic acids is 3. The highest BCUT2D eigenvalue weighted by atomic mass is 16.5.